The number of hydrogen-bond acceptors (Lipinski definition) is 3. The van der Waals surface area contributed by atoms with Crippen molar-refractivity contribution in [2.75, 3.05) is 6.61 Å². The molecule has 0 amide bonds. The highest BCUT2D eigenvalue weighted by atomic mass is 35.5. The Morgan fingerprint density at radius 2 is 1.65 bits per heavy atom. The summed E-state index contributed by atoms with van der Waals surface area (Å²) in [6, 6.07) is 13.0. The van der Waals surface area contributed by atoms with E-state index in [-0.39, 0.29) is 0 Å². The summed E-state index contributed by atoms with van der Waals surface area (Å²) in [7, 11) is 0. The summed E-state index contributed by atoms with van der Waals surface area (Å²) < 4.78 is 11.3. The van der Waals surface area contributed by atoms with Crippen molar-refractivity contribution in [1.29, 1.82) is 0 Å². The first-order valence-corrected chi connectivity index (χ1v) is 7.00. The zero-order valence-electron chi connectivity index (χ0n) is 11.4. The summed E-state index contributed by atoms with van der Waals surface area (Å²) in [4.78, 5) is 0. The van der Waals surface area contributed by atoms with Crippen LogP contribution in [0.1, 0.15) is 18.9 Å². The van der Waals surface area contributed by atoms with Crippen LogP contribution in [-0.2, 0) is 6.54 Å². The third-order valence-corrected chi connectivity index (χ3v) is 3.13. The van der Waals surface area contributed by atoms with E-state index in [0.29, 0.717) is 17.3 Å². The predicted octanol–water partition coefficient (Wildman–Crippen LogP) is 4.38. The number of hydrogen-bond donors (Lipinski definition) is 1. The normalized spacial score (nSPS) is 10.3. The second kappa shape index (κ2) is 7.17. The van der Waals surface area contributed by atoms with Crippen molar-refractivity contribution >= 4 is 11.6 Å². The van der Waals surface area contributed by atoms with E-state index in [1.165, 1.54) is 0 Å². The Labute approximate surface area is 124 Å². The Morgan fingerprint density at radius 3 is 2.25 bits per heavy atom. The summed E-state index contributed by atoms with van der Waals surface area (Å²) in [5.74, 6) is 2.27. The average Bonchev–Trinajstić information content (AvgIpc) is 2.47. The topological polar surface area (TPSA) is 44.5 Å². The van der Waals surface area contributed by atoms with Crippen LogP contribution in [-0.4, -0.2) is 6.61 Å². The molecule has 0 unspecified atom stereocenters. The van der Waals surface area contributed by atoms with Crippen LogP contribution in [0.3, 0.4) is 0 Å². The number of nitrogens with two attached hydrogens (primary N) is 1. The van der Waals surface area contributed by atoms with Crippen molar-refractivity contribution in [1.82, 2.24) is 0 Å². The first-order valence-electron chi connectivity index (χ1n) is 6.62. The highest BCUT2D eigenvalue weighted by Gasteiger charge is 2.03. The molecule has 0 aliphatic carbocycles. The van der Waals surface area contributed by atoms with Gasteiger partial charge in [0.1, 0.15) is 17.2 Å². The van der Waals surface area contributed by atoms with Crippen LogP contribution in [0, 0.1) is 0 Å². The average molecular weight is 292 g/mol. The van der Waals surface area contributed by atoms with Crippen LogP contribution in [0.2, 0.25) is 5.02 Å². The molecule has 2 N–H and O–H groups in total. The molecule has 0 fully saturated rings. The summed E-state index contributed by atoms with van der Waals surface area (Å²) in [6.45, 7) is 3.21. The van der Waals surface area contributed by atoms with Gasteiger partial charge in [0.05, 0.1) is 6.61 Å². The smallest absolute Gasteiger partial charge is 0.128 e. The Morgan fingerprint density at radius 1 is 1.00 bits per heavy atom. The lowest BCUT2D eigenvalue weighted by Gasteiger charge is -2.09. The molecular formula is C16H18ClNO2. The van der Waals surface area contributed by atoms with Crippen molar-refractivity contribution in [3.8, 4) is 17.2 Å². The SMILES string of the molecule is CCCOc1ccc(Oc2ccc(CN)c(Cl)c2)cc1. The van der Waals surface area contributed by atoms with Gasteiger partial charge in [-0.05, 0) is 48.4 Å². The fourth-order valence-corrected chi connectivity index (χ4v) is 1.96. The predicted molar refractivity (Wildman–Crippen MR) is 81.6 cm³/mol. The summed E-state index contributed by atoms with van der Waals surface area (Å²) in [5, 5.41) is 0.618. The van der Waals surface area contributed by atoms with Gasteiger partial charge in [-0.2, -0.15) is 0 Å². The Bertz CT molecular complexity index is 555. The fourth-order valence-electron chi connectivity index (χ4n) is 1.72. The van der Waals surface area contributed by atoms with E-state index < -0.39 is 0 Å². The minimum Gasteiger partial charge on any atom is -0.494 e. The molecule has 4 heteroatoms. The van der Waals surface area contributed by atoms with Crippen LogP contribution < -0.4 is 15.2 Å². The van der Waals surface area contributed by atoms with Gasteiger partial charge in [0.2, 0.25) is 0 Å². The highest BCUT2D eigenvalue weighted by molar-refractivity contribution is 6.31. The second-order valence-electron chi connectivity index (χ2n) is 4.38. The molecule has 0 spiro atoms. The second-order valence-corrected chi connectivity index (χ2v) is 4.79. The maximum atomic E-state index is 6.10. The van der Waals surface area contributed by atoms with Crippen molar-refractivity contribution in [3.05, 3.63) is 53.1 Å². The minimum atomic E-state index is 0.419. The lowest BCUT2D eigenvalue weighted by atomic mass is 10.2. The number of halogens is 1. The molecule has 106 valence electrons. The number of rotatable bonds is 6. The largest absolute Gasteiger partial charge is 0.494 e. The molecule has 0 aromatic heterocycles. The molecule has 2 aromatic carbocycles. The van der Waals surface area contributed by atoms with Crippen molar-refractivity contribution in [2.45, 2.75) is 19.9 Å². The summed E-state index contributed by atoms with van der Waals surface area (Å²) in [6.07, 6.45) is 0.990. The van der Waals surface area contributed by atoms with Crippen LogP contribution in [0.4, 0.5) is 0 Å². The minimum absolute atomic E-state index is 0.419. The van der Waals surface area contributed by atoms with Crippen LogP contribution in [0.15, 0.2) is 42.5 Å². The quantitative estimate of drug-likeness (QED) is 0.859. The van der Waals surface area contributed by atoms with Gasteiger partial charge in [-0.25, -0.2) is 0 Å². The van der Waals surface area contributed by atoms with Gasteiger partial charge in [-0.1, -0.05) is 24.6 Å². The Kier molecular flexibility index (Phi) is 5.27. The fraction of sp³-hybridized carbons (Fsp3) is 0.250. The first kappa shape index (κ1) is 14.7. The zero-order valence-corrected chi connectivity index (χ0v) is 12.2. The molecule has 0 radical (unpaired) electrons. The highest BCUT2D eigenvalue weighted by Crippen LogP contribution is 2.27. The summed E-state index contributed by atoms with van der Waals surface area (Å²) >= 11 is 6.10. The number of ether oxygens (including phenoxy) is 2. The lowest BCUT2D eigenvalue weighted by Crippen LogP contribution is -1.97. The third-order valence-electron chi connectivity index (χ3n) is 2.78. The molecule has 0 aliphatic rings. The molecule has 0 aliphatic heterocycles. The monoisotopic (exact) mass is 291 g/mol. The molecule has 0 bridgehead atoms. The van der Waals surface area contributed by atoms with Gasteiger partial charge in [0.15, 0.2) is 0 Å². The van der Waals surface area contributed by atoms with E-state index in [0.717, 1.165) is 30.1 Å². The van der Waals surface area contributed by atoms with Gasteiger partial charge in [0.25, 0.3) is 0 Å². The molecule has 0 saturated heterocycles. The molecule has 20 heavy (non-hydrogen) atoms. The van der Waals surface area contributed by atoms with E-state index in [4.69, 9.17) is 26.8 Å². The van der Waals surface area contributed by atoms with Gasteiger partial charge in [-0.3, -0.25) is 0 Å². The Balaban J connectivity index is 2.04. The van der Waals surface area contributed by atoms with Crippen molar-refractivity contribution in [2.24, 2.45) is 5.73 Å². The van der Waals surface area contributed by atoms with Crippen LogP contribution >= 0.6 is 11.6 Å². The molecule has 3 nitrogen and oxygen atoms in total. The van der Waals surface area contributed by atoms with Crippen molar-refractivity contribution in [3.63, 3.8) is 0 Å². The number of benzene rings is 2. The molecule has 0 atom stereocenters. The molecular weight excluding hydrogens is 274 g/mol. The van der Waals surface area contributed by atoms with E-state index in [1.54, 1.807) is 6.07 Å². The molecule has 0 heterocycles. The maximum Gasteiger partial charge on any atom is 0.128 e. The lowest BCUT2D eigenvalue weighted by molar-refractivity contribution is 0.317. The van der Waals surface area contributed by atoms with Gasteiger partial charge < -0.3 is 15.2 Å². The van der Waals surface area contributed by atoms with Gasteiger partial charge in [-0.15, -0.1) is 0 Å². The zero-order chi connectivity index (χ0) is 14.4. The van der Waals surface area contributed by atoms with Gasteiger partial charge >= 0.3 is 0 Å². The standard InChI is InChI=1S/C16H18ClNO2/c1-2-9-19-13-5-7-14(8-6-13)20-15-4-3-12(11-18)16(17)10-15/h3-8,10H,2,9,11,18H2,1H3. The Hall–Kier alpha value is -1.71. The van der Waals surface area contributed by atoms with E-state index in [9.17, 15) is 0 Å². The van der Waals surface area contributed by atoms with Crippen molar-refractivity contribution < 1.29 is 9.47 Å². The van der Waals surface area contributed by atoms with E-state index in [2.05, 4.69) is 6.92 Å². The molecule has 2 rings (SSSR count). The maximum absolute atomic E-state index is 6.10. The van der Waals surface area contributed by atoms with Gasteiger partial charge in [0, 0.05) is 11.6 Å². The first-order chi connectivity index (χ1) is 9.72. The van der Waals surface area contributed by atoms with Crippen LogP contribution in [0.25, 0.3) is 0 Å². The molecule has 2 aromatic rings. The third kappa shape index (κ3) is 3.89. The van der Waals surface area contributed by atoms with Crippen LogP contribution in [0.5, 0.6) is 17.2 Å². The summed E-state index contributed by atoms with van der Waals surface area (Å²) in [5.41, 5.74) is 6.48. The van der Waals surface area contributed by atoms with E-state index in [1.807, 2.05) is 36.4 Å². The van der Waals surface area contributed by atoms with E-state index >= 15 is 0 Å². The molecule has 0 saturated carbocycles.